The topological polar surface area (TPSA) is 71.8 Å². The maximum atomic E-state index is 12.2. The molecule has 3 aromatic rings. The molecule has 0 atom stereocenters. The lowest BCUT2D eigenvalue weighted by molar-refractivity contribution is -0.113. The largest absolute Gasteiger partial charge is 0.378 e. The summed E-state index contributed by atoms with van der Waals surface area (Å²) < 4.78 is 2.00. The molecule has 6 nitrogen and oxygen atoms in total. The molecule has 28 heavy (non-hydrogen) atoms. The minimum atomic E-state index is -0.0696. The fraction of sp³-hybridized carbons (Fsp3) is 0.250. The number of anilines is 2. The highest BCUT2D eigenvalue weighted by molar-refractivity contribution is 7.99. The molecule has 0 saturated heterocycles. The molecule has 1 heterocycles. The van der Waals surface area contributed by atoms with Gasteiger partial charge in [-0.25, -0.2) is 0 Å². The molecule has 0 aliphatic heterocycles. The molecule has 8 heteroatoms. The van der Waals surface area contributed by atoms with Gasteiger partial charge in [-0.1, -0.05) is 41.6 Å². The number of rotatable bonds is 8. The van der Waals surface area contributed by atoms with Crippen LogP contribution in [0.25, 0.3) is 0 Å². The smallest absolute Gasteiger partial charge is 0.234 e. The van der Waals surface area contributed by atoms with Crippen LogP contribution in [-0.2, 0) is 17.9 Å². The highest BCUT2D eigenvalue weighted by Gasteiger charge is 2.13. The Kier molecular flexibility index (Phi) is 6.95. The maximum Gasteiger partial charge on any atom is 0.234 e. The molecular formula is C20H22ClN5OS. The van der Waals surface area contributed by atoms with Crippen LogP contribution in [0.3, 0.4) is 0 Å². The standard InChI is InChI=1S/C20H22ClN5OS/c1-3-26-18(12-22-16-8-5-7-15(21)11-16)24-25-20(26)28-13-19(27)23-17-9-4-6-14(2)10-17/h4-11,22H,3,12-13H2,1-2H3,(H,23,27). The zero-order chi connectivity index (χ0) is 19.9. The van der Waals surface area contributed by atoms with Gasteiger partial charge < -0.3 is 15.2 Å². The van der Waals surface area contributed by atoms with Crippen molar-refractivity contribution in [3.63, 3.8) is 0 Å². The van der Waals surface area contributed by atoms with E-state index in [4.69, 9.17) is 11.6 Å². The van der Waals surface area contributed by atoms with Gasteiger partial charge in [0.15, 0.2) is 11.0 Å². The fourth-order valence-corrected chi connectivity index (χ4v) is 3.72. The second-order valence-corrected chi connectivity index (χ2v) is 7.59. The third kappa shape index (κ3) is 5.50. The van der Waals surface area contributed by atoms with Crippen molar-refractivity contribution >= 4 is 40.6 Å². The van der Waals surface area contributed by atoms with Crippen molar-refractivity contribution in [3.8, 4) is 0 Å². The number of amides is 1. The van der Waals surface area contributed by atoms with E-state index in [9.17, 15) is 4.79 Å². The Labute approximate surface area is 173 Å². The number of hydrogen-bond donors (Lipinski definition) is 2. The van der Waals surface area contributed by atoms with Crippen LogP contribution >= 0.6 is 23.4 Å². The number of aryl methyl sites for hydroxylation is 1. The van der Waals surface area contributed by atoms with Crippen LogP contribution in [0.15, 0.2) is 53.7 Å². The van der Waals surface area contributed by atoms with Gasteiger partial charge in [0.2, 0.25) is 5.91 Å². The summed E-state index contributed by atoms with van der Waals surface area (Å²) in [5, 5.41) is 16.1. The summed E-state index contributed by atoms with van der Waals surface area (Å²) in [6, 6.07) is 15.3. The number of nitrogens with zero attached hydrogens (tertiary/aromatic N) is 3. The molecule has 0 bridgehead atoms. The van der Waals surface area contributed by atoms with Crippen LogP contribution in [-0.4, -0.2) is 26.4 Å². The predicted octanol–water partition coefficient (Wildman–Crippen LogP) is 4.60. The molecule has 0 radical (unpaired) electrons. The SMILES string of the molecule is CCn1c(CNc2cccc(Cl)c2)nnc1SCC(=O)Nc1cccc(C)c1. The van der Waals surface area contributed by atoms with E-state index in [1.54, 1.807) is 0 Å². The summed E-state index contributed by atoms with van der Waals surface area (Å²) in [7, 11) is 0. The zero-order valence-corrected chi connectivity index (χ0v) is 17.3. The lowest BCUT2D eigenvalue weighted by Crippen LogP contribution is -2.15. The Morgan fingerprint density at radius 2 is 1.93 bits per heavy atom. The Hall–Kier alpha value is -2.51. The molecule has 2 aromatic carbocycles. The van der Waals surface area contributed by atoms with Crippen molar-refractivity contribution in [1.82, 2.24) is 14.8 Å². The van der Waals surface area contributed by atoms with Crippen molar-refractivity contribution < 1.29 is 4.79 Å². The summed E-state index contributed by atoms with van der Waals surface area (Å²) >= 11 is 7.39. The number of nitrogens with one attached hydrogen (secondary N) is 2. The van der Waals surface area contributed by atoms with E-state index in [-0.39, 0.29) is 11.7 Å². The number of carbonyl (C=O) groups is 1. The summed E-state index contributed by atoms with van der Waals surface area (Å²) in [4.78, 5) is 12.2. The highest BCUT2D eigenvalue weighted by atomic mass is 35.5. The maximum absolute atomic E-state index is 12.2. The lowest BCUT2D eigenvalue weighted by Gasteiger charge is -2.09. The molecule has 2 N–H and O–H groups in total. The highest BCUT2D eigenvalue weighted by Crippen LogP contribution is 2.20. The van der Waals surface area contributed by atoms with Gasteiger partial charge in [-0.15, -0.1) is 10.2 Å². The first-order valence-corrected chi connectivity index (χ1v) is 10.3. The normalized spacial score (nSPS) is 10.7. The van der Waals surface area contributed by atoms with Crippen molar-refractivity contribution in [2.45, 2.75) is 32.1 Å². The Bertz CT molecular complexity index is 959. The van der Waals surface area contributed by atoms with Gasteiger partial charge in [0.25, 0.3) is 0 Å². The number of thioether (sulfide) groups is 1. The van der Waals surface area contributed by atoms with E-state index < -0.39 is 0 Å². The number of hydrogen-bond acceptors (Lipinski definition) is 5. The monoisotopic (exact) mass is 415 g/mol. The molecule has 1 aromatic heterocycles. The van der Waals surface area contributed by atoms with Crippen LogP contribution in [0.4, 0.5) is 11.4 Å². The van der Waals surface area contributed by atoms with Gasteiger partial charge in [-0.2, -0.15) is 0 Å². The number of aromatic nitrogens is 3. The molecule has 0 fully saturated rings. The Morgan fingerprint density at radius 1 is 1.14 bits per heavy atom. The van der Waals surface area contributed by atoms with Crippen LogP contribution in [0.5, 0.6) is 0 Å². The predicted molar refractivity (Wildman–Crippen MR) is 115 cm³/mol. The van der Waals surface area contributed by atoms with Crippen molar-refractivity contribution in [3.05, 3.63) is 64.9 Å². The Balaban J connectivity index is 1.57. The summed E-state index contributed by atoms with van der Waals surface area (Å²) in [6.07, 6.45) is 0. The summed E-state index contributed by atoms with van der Waals surface area (Å²) in [5.41, 5.74) is 2.83. The van der Waals surface area contributed by atoms with Crippen molar-refractivity contribution in [2.75, 3.05) is 16.4 Å². The van der Waals surface area contributed by atoms with Crippen LogP contribution in [0, 0.1) is 6.92 Å². The minimum absolute atomic E-state index is 0.0696. The van der Waals surface area contributed by atoms with Crippen LogP contribution < -0.4 is 10.6 Å². The minimum Gasteiger partial charge on any atom is -0.378 e. The molecule has 0 saturated carbocycles. The second-order valence-electron chi connectivity index (χ2n) is 6.21. The quantitative estimate of drug-likeness (QED) is 0.526. The molecule has 0 unspecified atom stereocenters. The molecule has 146 valence electrons. The molecule has 1 amide bonds. The number of benzene rings is 2. The van der Waals surface area contributed by atoms with E-state index >= 15 is 0 Å². The van der Waals surface area contributed by atoms with Crippen LogP contribution in [0.1, 0.15) is 18.3 Å². The molecular weight excluding hydrogens is 394 g/mol. The van der Waals surface area contributed by atoms with E-state index in [1.165, 1.54) is 11.8 Å². The van der Waals surface area contributed by atoms with E-state index in [2.05, 4.69) is 20.8 Å². The molecule has 3 rings (SSSR count). The van der Waals surface area contributed by atoms with E-state index in [0.29, 0.717) is 11.6 Å². The van der Waals surface area contributed by atoms with Crippen molar-refractivity contribution in [2.24, 2.45) is 0 Å². The summed E-state index contributed by atoms with van der Waals surface area (Å²) in [5.74, 6) is 1.01. The average Bonchev–Trinajstić information content (AvgIpc) is 3.06. The molecule has 0 spiro atoms. The molecule has 0 aliphatic carbocycles. The van der Waals surface area contributed by atoms with E-state index in [1.807, 2.05) is 66.9 Å². The van der Waals surface area contributed by atoms with E-state index in [0.717, 1.165) is 34.5 Å². The van der Waals surface area contributed by atoms with Crippen molar-refractivity contribution in [1.29, 1.82) is 0 Å². The third-order valence-corrected chi connectivity index (χ3v) is 5.22. The number of carbonyl (C=O) groups excluding carboxylic acids is 1. The summed E-state index contributed by atoms with van der Waals surface area (Å²) in [6.45, 7) is 5.27. The fourth-order valence-electron chi connectivity index (χ4n) is 2.70. The number of halogens is 1. The second kappa shape index (κ2) is 9.61. The first-order valence-electron chi connectivity index (χ1n) is 8.96. The van der Waals surface area contributed by atoms with Gasteiger partial charge in [-0.3, -0.25) is 4.79 Å². The van der Waals surface area contributed by atoms with Gasteiger partial charge in [0.1, 0.15) is 0 Å². The zero-order valence-electron chi connectivity index (χ0n) is 15.8. The third-order valence-electron chi connectivity index (χ3n) is 4.02. The van der Waals surface area contributed by atoms with Crippen LogP contribution in [0.2, 0.25) is 5.02 Å². The van der Waals surface area contributed by atoms with Gasteiger partial charge in [-0.05, 0) is 49.7 Å². The lowest BCUT2D eigenvalue weighted by atomic mass is 10.2. The average molecular weight is 416 g/mol. The first-order chi connectivity index (χ1) is 13.5. The van der Waals surface area contributed by atoms with Gasteiger partial charge in [0, 0.05) is 22.9 Å². The first kappa shape index (κ1) is 20.2. The van der Waals surface area contributed by atoms with Gasteiger partial charge >= 0.3 is 0 Å². The Morgan fingerprint density at radius 3 is 2.68 bits per heavy atom. The van der Waals surface area contributed by atoms with Gasteiger partial charge in [0.05, 0.1) is 12.3 Å². The molecule has 0 aliphatic rings.